The molecule has 1 aromatic carbocycles. The minimum absolute atomic E-state index is 0.0107. The molecule has 1 aromatic heterocycles. The van der Waals surface area contributed by atoms with Gasteiger partial charge in [-0.2, -0.15) is 0 Å². The number of ether oxygens (including phenoxy) is 2. The average Bonchev–Trinajstić information content (AvgIpc) is 3.40. The van der Waals surface area contributed by atoms with Crippen LogP contribution in [0.3, 0.4) is 0 Å². The maximum absolute atomic E-state index is 14.5. The summed E-state index contributed by atoms with van der Waals surface area (Å²) in [4.78, 5) is 35.9. The molecule has 0 unspecified atom stereocenters. The van der Waals surface area contributed by atoms with Gasteiger partial charge in [0.05, 0.1) is 30.9 Å². The summed E-state index contributed by atoms with van der Waals surface area (Å²) in [6.07, 6.45) is 3.13. The molecule has 2 fully saturated rings. The van der Waals surface area contributed by atoms with Crippen LogP contribution in [0.15, 0.2) is 46.0 Å². The second-order valence-corrected chi connectivity index (χ2v) is 10.6. The minimum Gasteiger partial charge on any atom is -0.481 e. The highest BCUT2D eigenvalue weighted by molar-refractivity contribution is 7.11. The van der Waals surface area contributed by atoms with Crippen molar-refractivity contribution < 1.29 is 28.6 Å². The van der Waals surface area contributed by atoms with Crippen LogP contribution in [0, 0.1) is 11.7 Å². The van der Waals surface area contributed by atoms with Gasteiger partial charge < -0.3 is 19.9 Å². The smallest absolute Gasteiger partial charge is 0.338 e. The summed E-state index contributed by atoms with van der Waals surface area (Å²) < 4.78 is 25.4. The van der Waals surface area contributed by atoms with Crippen LogP contribution in [0.1, 0.15) is 35.9 Å². The number of methoxy groups -OCH3 is 1. The number of rotatable bonds is 7. The van der Waals surface area contributed by atoms with Gasteiger partial charge in [-0.05, 0) is 24.8 Å². The summed E-state index contributed by atoms with van der Waals surface area (Å²) in [5.74, 6) is -1.50. The largest absolute Gasteiger partial charge is 0.481 e. The van der Waals surface area contributed by atoms with E-state index in [-0.39, 0.29) is 35.0 Å². The second kappa shape index (κ2) is 10.9. The number of fused-ring (bicyclic) bond motifs is 2. The molecule has 12 heteroatoms. The zero-order chi connectivity index (χ0) is 26.1. The number of nitrogens with one attached hydrogen (secondary N) is 1. The first kappa shape index (κ1) is 25.8. The third-order valence-corrected chi connectivity index (χ3v) is 8.19. The van der Waals surface area contributed by atoms with E-state index in [1.165, 1.54) is 30.6 Å². The Morgan fingerprint density at radius 3 is 2.73 bits per heavy atom. The highest BCUT2D eigenvalue weighted by Gasteiger charge is 2.42. The maximum atomic E-state index is 14.5. The van der Waals surface area contributed by atoms with Gasteiger partial charge in [0.25, 0.3) is 0 Å². The summed E-state index contributed by atoms with van der Waals surface area (Å²) in [7, 11) is 1.29. The van der Waals surface area contributed by atoms with E-state index in [1.54, 1.807) is 12.3 Å². The molecule has 196 valence electrons. The summed E-state index contributed by atoms with van der Waals surface area (Å²) in [6, 6.07) is 3.49. The molecule has 3 aliphatic rings. The number of halogens is 2. The van der Waals surface area contributed by atoms with Crippen LogP contribution in [-0.2, 0) is 19.1 Å². The molecule has 0 aliphatic carbocycles. The highest BCUT2D eigenvalue weighted by atomic mass is 35.5. The Hall–Kier alpha value is -2.86. The van der Waals surface area contributed by atoms with Gasteiger partial charge in [0.2, 0.25) is 0 Å². The number of esters is 1. The van der Waals surface area contributed by atoms with E-state index in [2.05, 4.69) is 15.2 Å². The van der Waals surface area contributed by atoms with Crippen molar-refractivity contribution in [1.82, 2.24) is 15.2 Å². The molecule has 2 saturated heterocycles. The molecule has 3 aliphatic heterocycles. The van der Waals surface area contributed by atoms with Gasteiger partial charge in [0.15, 0.2) is 10.8 Å². The van der Waals surface area contributed by atoms with Gasteiger partial charge in [-0.3, -0.25) is 14.7 Å². The number of aliphatic carboxylic acids is 1. The number of carboxylic acids is 1. The number of carboxylic acid groups (broad SMARTS) is 1. The second-order valence-electron chi connectivity index (χ2n) is 9.32. The molecule has 2 N–H and O–H groups in total. The molecule has 4 heterocycles. The van der Waals surface area contributed by atoms with Gasteiger partial charge in [-0.25, -0.2) is 14.2 Å². The zero-order valence-electron chi connectivity index (χ0n) is 20.0. The lowest BCUT2D eigenvalue weighted by atomic mass is 9.82. The number of morpholine rings is 1. The number of carbonyl (C=O) groups excluding carboxylic acids is 1. The normalized spacial score (nSPS) is 25.9. The number of hydrogen-bond donors (Lipinski definition) is 2. The third-order valence-electron chi connectivity index (χ3n) is 7.02. The average molecular weight is 549 g/mol. The van der Waals surface area contributed by atoms with E-state index < -0.39 is 23.8 Å². The van der Waals surface area contributed by atoms with E-state index >= 15 is 0 Å². The summed E-state index contributed by atoms with van der Waals surface area (Å²) in [6.45, 7) is 1.29. The fraction of sp³-hybridized carbons (Fsp3) is 0.440. The van der Waals surface area contributed by atoms with Crippen molar-refractivity contribution in [2.75, 3.05) is 26.9 Å². The lowest BCUT2D eigenvalue weighted by Crippen LogP contribution is -2.58. The molecule has 2 bridgehead atoms. The van der Waals surface area contributed by atoms with Crippen LogP contribution >= 0.6 is 22.9 Å². The van der Waals surface area contributed by atoms with Crippen molar-refractivity contribution in [3.8, 4) is 0 Å². The fourth-order valence-corrected chi connectivity index (χ4v) is 6.25. The number of aromatic nitrogens is 1. The summed E-state index contributed by atoms with van der Waals surface area (Å²) >= 11 is 7.74. The first-order chi connectivity index (χ1) is 17.9. The minimum atomic E-state index is -0.911. The van der Waals surface area contributed by atoms with E-state index in [9.17, 15) is 19.1 Å². The van der Waals surface area contributed by atoms with E-state index in [4.69, 9.17) is 26.1 Å². The first-order valence-electron chi connectivity index (χ1n) is 11.9. The standard InChI is InChI=1S/C25H26ClFN4O5S/c1-35-25(34)20-18(10-31-14-7-13(9-19(32)33)8-15(31)12-36-11-14)29-23(24-28-5-6-37-24)30-22(20)16-3-2-4-17(27)21(16)26/h2-6,13-15,22H,7-12H2,1H3,(H,29,30)(H,32,33)/t14-,15-,22-/m0/s1. The Labute approximate surface area is 221 Å². The molecule has 9 nitrogen and oxygen atoms in total. The Morgan fingerprint density at radius 2 is 2.08 bits per heavy atom. The molecule has 0 radical (unpaired) electrons. The molecular formula is C25H26ClFN4O5S. The van der Waals surface area contributed by atoms with Gasteiger partial charge in [-0.1, -0.05) is 23.7 Å². The number of nitrogens with zero attached hydrogens (tertiary/aromatic N) is 3. The van der Waals surface area contributed by atoms with Crippen molar-refractivity contribution in [3.63, 3.8) is 0 Å². The van der Waals surface area contributed by atoms with Gasteiger partial charge >= 0.3 is 11.9 Å². The number of carbonyl (C=O) groups is 2. The van der Waals surface area contributed by atoms with Crippen molar-refractivity contribution in [3.05, 3.63) is 62.5 Å². The lowest BCUT2D eigenvalue weighted by molar-refractivity contribution is -0.141. The van der Waals surface area contributed by atoms with Crippen molar-refractivity contribution in [2.24, 2.45) is 10.9 Å². The third kappa shape index (κ3) is 5.26. The number of amidine groups is 1. The summed E-state index contributed by atoms with van der Waals surface area (Å²) in [5.41, 5.74) is 1.15. The molecule has 0 spiro atoms. The number of benzene rings is 1. The summed E-state index contributed by atoms with van der Waals surface area (Å²) in [5, 5.41) is 14.9. The van der Waals surface area contributed by atoms with Crippen LogP contribution in [0.25, 0.3) is 0 Å². The Bertz CT molecular complexity index is 1240. The molecule has 37 heavy (non-hydrogen) atoms. The lowest BCUT2D eigenvalue weighted by Gasteiger charge is -2.49. The number of thiazole rings is 1. The highest BCUT2D eigenvalue weighted by Crippen LogP contribution is 2.39. The van der Waals surface area contributed by atoms with Crippen LogP contribution in [-0.4, -0.2) is 71.7 Å². The van der Waals surface area contributed by atoms with Gasteiger partial charge in [-0.15, -0.1) is 11.3 Å². The Balaban J connectivity index is 1.55. The predicted molar refractivity (Wildman–Crippen MR) is 135 cm³/mol. The maximum Gasteiger partial charge on any atom is 0.338 e. The van der Waals surface area contributed by atoms with Gasteiger partial charge in [0, 0.05) is 47.9 Å². The number of hydrogen-bond acceptors (Lipinski definition) is 9. The van der Waals surface area contributed by atoms with Crippen LogP contribution in [0.5, 0.6) is 0 Å². The van der Waals surface area contributed by atoms with E-state index in [1.807, 2.05) is 5.38 Å². The molecule has 5 rings (SSSR count). The molecular weight excluding hydrogens is 523 g/mol. The van der Waals surface area contributed by atoms with Crippen LogP contribution in [0.4, 0.5) is 4.39 Å². The molecule has 2 aromatic rings. The van der Waals surface area contributed by atoms with Crippen molar-refractivity contribution in [2.45, 2.75) is 37.4 Å². The molecule has 0 saturated carbocycles. The Kier molecular flexibility index (Phi) is 7.57. The van der Waals surface area contributed by atoms with Gasteiger partial charge in [0.1, 0.15) is 11.9 Å². The molecule has 3 atom stereocenters. The Morgan fingerprint density at radius 1 is 1.32 bits per heavy atom. The monoisotopic (exact) mass is 548 g/mol. The van der Waals surface area contributed by atoms with E-state index in [0.717, 1.165) is 0 Å². The SMILES string of the molecule is COC(=O)C1=C(CN2[C@@H]3COC[C@@H]2CC(CC(=O)O)C3)NC(c2nccs2)=N[C@H]1c1cccc(F)c1Cl. The van der Waals surface area contributed by atoms with Crippen molar-refractivity contribution in [1.29, 1.82) is 0 Å². The predicted octanol–water partition coefficient (Wildman–Crippen LogP) is 3.41. The van der Waals surface area contributed by atoms with Crippen LogP contribution in [0.2, 0.25) is 5.02 Å². The molecule has 0 amide bonds. The first-order valence-corrected chi connectivity index (χ1v) is 13.2. The van der Waals surface area contributed by atoms with Crippen molar-refractivity contribution >= 4 is 40.7 Å². The number of piperidine rings is 1. The topological polar surface area (TPSA) is 113 Å². The van der Waals surface area contributed by atoms with E-state index in [0.29, 0.717) is 54.7 Å². The van der Waals surface area contributed by atoms with Crippen LogP contribution < -0.4 is 5.32 Å². The zero-order valence-corrected chi connectivity index (χ0v) is 21.6. The fourth-order valence-electron chi connectivity index (χ4n) is 5.43. The quantitative estimate of drug-likeness (QED) is 0.506. The number of aliphatic imine (C=N–C) groups is 1.